The molecular weight excluding hydrogens is 330 g/mol. The van der Waals surface area contributed by atoms with Crippen molar-refractivity contribution in [2.45, 2.75) is 16.8 Å². The zero-order chi connectivity index (χ0) is 13.9. The van der Waals surface area contributed by atoms with Crippen molar-refractivity contribution in [3.05, 3.63) is 54.0 Å². The average Bonchev–Trinajstić information content (AvgIpc) is 2.91. The quantitative estimate of drug-likeness (QED) is 0.784. The number of benzene rings is 1. The van der Waals surface area contributed by atoms with Crippen molar-refractivity contribution in [2.75, 3.05) is 7.05 Å². The van der Waals surface area contributed by atoms with Gasteiger partial charge in [-0.05, 0) is 23.8 Å². The van der Waals surface area contributed by atoms with Crippen LogP contribution in [-0.4, -0.2) is 19.8 Å². The Balaban J connectivity index is 2.20. The molecule has 0 bridgehead atoms. The number of furan rings is 1. The Kier molecular flexibility index (Phi) is 4.44. The van der Waals surface area contributed by atoms with Crippen LogP contribution in [-0.2, 0) is 21.9 Å². The first kappa shape index (κ1) is 14.3. The fraction of sp³-hybridized carbons (Fsp3) is 0.231. The molecule has 1 aromatic heterocycles. The van der Waals surface area contributed by atoms with E-state index in [1.54, 1.807) is 43.6 Å². The lowest BCUT2D eigenvalue weighted by Gasteiger charge is -2.16. The van der Waals surface area contributed by atoms with Crippen molar-refractivity contribution in [3.63, 3.8) is 0 Å². The third kappa shape index (κ3) is 3.26. The van der Waals surface area contributed by atoms with Crippen LogP contribution in [0.3, 0.4) is 0 Å². The summed E-state index contributed by atoms with van der Waals surface area (Å²) in [6.07, 6.45) is 3.07. The van der Waals surface area contributed by atoms with Gasteiger partial charge in [0.15, 0.2) is 0 Å². The van der Waals surface area contributed by atoms with E-state index < -0.39 is 10.0 Å². The van der Waals surface area contributed by atoms with Crippen LogP contribution < -0.4 is 0 Å². The van der Waals surface area contributed by atoms with E-state index in [0.717, 1.165) is 11.1 Å². The maximum Gasteiger partial charge on any atom is 0.243 e. The fourth-order valence-corrected chi connectivity index (χ4v) is 3.19. The van der Waals surface area contributed by atoms with E-state index in [2.05, 4.69) is 15.9 Å². The van der Waals surface area contributed by atoms with Crippen molar-refractivity contribution in [3.8, 4) is 0 Å². The van der Waals surface area contributed by atoms with Gasteiger partial charge in [0.2, 0.25) is 10.0 Å². The lowest BCUT2D eigenvalue weighted by Crippen LogP contribution is -2.26. The summed E-state index contributed by atoms with van der Waals surface area (Å²) in [7, 11) is -1.91. The molecule has 0 atom stereocenters. The van der Waals surface area contributed by atoms with Gasteiger partial charge in [-0.15, -0.1) is 0 Å². The van der Waals surface area contributed by atoms with Gasteiger partial charge in [0.25, 0.3) is 0 Å². The smallest absolute Gasteiger partial charge is 0.243 e. The first-order valence-corrected chi connectivity index (χ1v) is 8.22. The second-order valence-electron chi connectivity index (χ2n) is 4.17. The van der Waals surface area contributed by atoms with Crippen molar-refractivity contribution in [1.82, 2.24) is 4.31 Å². The highest BCUT2D eigenvalue weighted by Gasteiger charge is 2.20. The predicted molar refractivity (Wildman–Crippen MR) is 76.4 cm³/mol. The van der Waals surface area contributed by atoms with Crippen molar-refractivity contribution in [1.29, 1.82) is 0 Å². The van der Waals surface area contributed by atoms with Gasteiger partial charge < -0.3 is 4.42 Å². The molecule has 0 fully saturated rings. The summed E-state index contributed by atoms with van der Waals surface area (Å²) in [5.41, 5.74) is 1.86. The molecule has 2 rings (SSSR count). The minimum atomic E-state index is -3.46. The highest BCUT2D eigenvalue weighted by atomic mass is 79.9. The molecule has 19 heavy (non-hydrogen) atoms. The highest BCUT2D eigenvalue weighted by molar-refractivity contribution is 9.08. The molecule has 0 aliphatic rings. The van der Waals surface area contributed by atoms with Gasteiger partial charge in [0, 0.05) is 24.5 Å². The summed E-state index contributed by atoms with van der Waals surface area (Å²) in [4.78, 5) is 0.295. The van der Waals surface area contributed by atoms with Crippen LogP contribution in [0.5, 0.6) is 0 Å². The van der Waals surface area contributed by atoms with Gasteiger partial charge in [-0.25, -0.2) is 8.42 Å². The van der Waals surface area contributed by atoms with E-state index in [1.165, 1.54) is 10.6 Å². The summed E-state index contributed by atoms with van der Waals surface area (Å²) in [5.74, 6) is 0. The average molecular weight is 344 g/mol. The molecular formula is C13H14BrNO3S. The molecule has 4 nitrogen and oxygen atoms in total. The largest absolute Gasteiger partial charge is 0.472 e. The van der Waals surface area contributed by atoms with Crippen LogP contribution in [0.1, 0.15) is 11.1 Å². The molecule has 6 heteroatoms. The van der Waals surface area contributed by atoms with Gasteiger partial charge >= 0.3 is 0 Å². The maximum atomic E-state index is 12.3. The van der Waals surface area contributed by atoms with Crippen LogP contribution in [0.15, 0.2) is 52.2 Å². The molecule has 0 saturated carbocycles. The zero-order valence-electron chi connectivity index (χ0n) is 10.4. The molecule has 0 N–H and O–H groups in total. The monoisotopic (exact) mass is 343 g/mol. The number of hydrogen-bond acceptors (Lipinski definition) is 3. The molecule has 102 valence electrons. The first-order chi connectivity index (χ1) is 9.04. The normalized spacial score (nSPS) is 11.9. The van der Waals surface area contributed by atoms with Crippen LogP contribution in [0.2, 0.25) is 0 Å². The SMILES string of the molecule is CN(Cc1ccoc1)S(=O)(=O)c1ccc(CBr)cc1. The number of alkyl halides is 1. The van der Waals surface area contributed by atoms with Crippen LogP contribution in [0.25, 0.3) is 0 Å². The third-order valence-electron chi connectivity index (χ3n) is 2.77. The Hall–Kier alpha value is -1.11. The second-order valence-corrected chi connectivity index (χ2v) is 6.78. The minimum absolute atomic E-state index is 0.291. The van der Waals surface area contributed by atoms with Crippen molar-refractivity contribution < 1.29 is 12.8 Å². The predicted octanol–water partition coefficient (Wildman–Crippen LogP) is 3.00. The zero-order valence-corrected chi connectivity index (χ0v) is 12.8. The Morgan fingerprint density at radius 1 is 1.16 bits per heavy atom. The van der Waals surface area contributed by atoms with E-state index in [-0.39, 0.29) is 0 Å². The number of sulfonamides is 1. The second kappa shape index (κ2) is 5.90. The number of hydrogen-bond donors (Lipinski definition) is 0. The Morgan fingerprint density at radius 3 is 2.37 bits per heavy atom. The van der Waals surface area contributed by atoms with Gasteiger partial charge in [0.05, 0.1) is 17.4 Å². The Morgan fingerprint density at radius 2 is 1.84 bits per heavy atom. The molecule has 1 heterocycles. The molecule has 1 aromatic carbocycles. The van der Waals surface area contributed by atoms with Crippen molar-refractivity contribution in [2.24, 2.45) is 0 Å². The number of rotatable bonds is 5. The van der Waals surface area contributed by atoms with E-state index in [0.29, 0.717) is 16.8 Å². The first-order valence-electron chi connectivity index (χ1n) is 5.66. The molecule has 0 saturated heterocycles. The van der Waals surface area contributed by atoms with Crippen LogP contribution in [0, 0.1) is 0 Å². The topological polar surface area (TPSA) is 50.5 Å². The molecule has 0 unspecified atom stereocenters. The minimum Gasteiger partial charge on any atom is -0.472 e. The summed E-state index contributed by atoms with van der Waals surface area (Å²) in [6.45, 7) is 0.291. The van der Waals surface area contributed by atoms with E-state index in [4.69, 9.17) is 4.42 Å². The van der Waals surface area contributed by atoms with Gasteiger partial charge in [-0.2, -0.15) is 4.31 Å². The standard InChI is InChI=1S/C13H14BrNO3S/c1-15(9-12-6-7-18-10-12)19(16,17)13-4-2-11(8-14)3-5-13/h2-7,10H,8-9H2,1H3. The number of halogens is 1. The summed E-state index contributed by atoms with van der Waals surface area (Å²) < 4.78 is 30.9. The van der Waals surface area contributed by atoms with Crippen LogP contribution >= 0.6 is 15.9 Å². The van der Waals surface area contributed by atoms with Gasteiger partial charge in [-0.3, -0.25) is 0 Å². The molecule has 0 spiro atoms. The Labute approximate surface area is 121 Å². The Bertz CT molecular complexity index is 620. The lowest BCUT2D eigenvalue weighted by atomic mass is 10.2. The third-order valence-corrected chi connectivity index (χ3v) is 5.24. The number of nitrogens with zero attached hydrogens (tertiary/aromatic N) is 1. The molecule has 2 aromatic rings. The summed E-state index contributed by atoms with van der Waals surface area (Å²) >= 11 is 3.33. The summed E-state index contributed by atoms with van der Waals surface area (Å²) in [6, 6.07) is 8.59. The molecule has 0 radical (unpaired) electrons. The van der Waals surface area contributed by atoms with E-state index in [9.17, 15) is 8.42 Å². The highest BCUT2D eigenvalue weighted by Crippen LogP contribution is 2.18. The molecule has 0 amide bonds. The maximum absolute atomic E-state index is 12.3. The summed E-state index contributed by atoms with van der Waals surface area (Å²) in [5, 5.41) is 0.707. The lowest BCUT2D eigenvalue weighted by molar-refractivity contribution is 0.463. The van der Waals surface area contributed by atoms with E-state index in [1.807, 2.05) is 0 Å². The van der Waals surface area contributed by atoms with Gasteiger partial charge in [0.1, 0.15) is 0 Å². The molecule has 0 aliphatic heterocycles. The molecule has 0 aliphatic carbocycles. The fourth-order valence-electron chi connectivity index (χ4n) is 1.66. The van der Waals surface area contributed by atoms with E-state index >= 15 is 0 Å². The van der Waals surface area contributed by atoms with Crippen LogP contribution in [0.4, 0.5) is 0 Å². The van der Waals surface area contributed by atoms with Crippen molar-refractivity contribution >= 4 is 26.0 Å². The van der Waals surface area contributed by atoms with Gasteiger partial charge in [-0.1, -0.05) is 28.1 Å².